The number of aliphatic imine (C=N–C) groups is 1. The summed E-state index contributed by atoms with van der Waals surface area (Å²) in [6, 6.07) is -0.794. The minimum atomic E-state index is -0.430. The Balaban J connectivity index is 1.59. The van der Waals surface area contributed by atoms with Crippen molar-refractivity contribution < 1.29 is 9.59 Å². The van der Waals surface area contributed by atoms with E-state index in [1.165, 1.54) is 81.9 Å². The van der Waals surface area contributed by atoms with Gasteiger partial charge >= 0.3 is 6.03 Å². The zero-order valence-corrected chi connectivity index (χ0v) is 21.7. The molecule has 0 spiro atoms. The summed E-state index contributed by atoms with van der Waals surface area (Å²) in [5.41, 5.74) is 0. The molecule has 1 saturated heterocycles. The number of nitrogens with zero attached hydrogens (tertiary/aromatic N) is 3. The third kappa shape index (κ3) is 8.77. The molecule has 0 aromatic heterocycles. The number of carbonyl (C=O) groups excluding carboxylic acids is 2. The third-order valence-corrected chi connectivity index (χ3v) is 7.80. The number of carbonyl (C=O) groups is 2. The Morgan fingerprint density at radius 2 is 1.44 bits per heavy atom. The first-order chi connectivity index (χ1) is 15.6. The SMILES string of the molecule is CCCCCCCCCCCCCCCCN1C(SCCCl)=NC2C1C(=O)NC(=O)N2C. The number of imide groups is 1. The molecule has 2 rings (SSSR count). The summed E-state index contributed by atoms with van der Waals surface area (Å²) in [6.07, 6.45) is 18.1. The van der Waals surface area contributed by atoms with Crippen molar-refractivity contribution in [2.45, 2.75) is 109 Å². The lowest BCUT2D eigenvalue weighted by molar-refractivity contribution is -0.127. The van der Waals surface area contributed by atoms with E-state index in [1.807, 2.05) is 0 Å². The number of nitrogens with one attached hydrogen (secondary N) is 1. The number of fused-ring (bicyclic) bond motifs is 1. The van der Waals surface area contributed by atoms with E-state index in [9.17, 15) is 9.59 Å². The minimum Gasteiger partial charge on any atom is -0.336 e. The number of amides is 3. The summed E-state index contributed by atoms with van der Waals surface area (Å²) in [5.74, 6) is 1.04. The Labute approximate surface area is 204 Å². The van der Waals surface area contributed by atoms with Crippen LogP contribution in [0.2, 0.25) is 0 Å². The Hall–Kier alpha value is -0.950. The third-order valence-electron chi connectivity index (χ3n) is 6.38. The second kappa shape index (κ2) is 15.8. The van der Waals surface area contributed by atoms with Gasteiger partial charge in [-0.05, 0) is 6.42 Å². The highest BCUT2D eigenvalue weighted by Crippen LogP contribution is 2.29. The lowest BCUT2D eigenvalue weighted by Crippen LogP contribution is -2.63. The Bertz CT molecular complexity index is 605. The average molecular weight is 487 g/mol. The van der Waals surface area contributed by atoms with Crippen molar-refractivity contribution >= 4 is 40.5 Å². The van der Waals surface area contributed by atoms with Crippen LogP contribution >= 0.6 is 23.4 Å². The van der Waals surface area contributed by atoms with Crippen LogP contribution < -0.4 is 5.32 Å². The number of thioether (sulfide) groups is 1. The molecule has 1 fully saturated rings. The quantitative estimate of drug-likeness (QED) is 0.202. The molecular weight excluding hydrogens is 444 g/mol. The van der Waals surface area contributed by atoms with Crippen molar-refractivity contribution in [1.29, 1.82) is 0 Å². The van der Waals surface area contributed by atoms with Crippen LogP contribution in [-0.4, -0.2) is 64.3 Å². The second-order valence-corrected chi connectivity index (χ2v) is 10.4. The molecule has 2 heterocycles. The molecule has 0 aromatic carbocycles. The van der Waals surface area contributed by atoms with Crippen LogP contribution in [0.1, 0.15) is 96.8 Å². The molecule has 32 heavy (non-hydrogen) atoms. The Morgan fingerprint density at radius 1 is 0.906 bits per heavy atom. The number of rotatable bonds is 17. The van der Waals surface area contributed by atoms with Gasteiger partial charge in [0.25, 0.3) is 5.91 Å². The molecule has 0 aliphatic carbocycles. The van der Waals surface area contributed by atoms with E-state index in [2.05, 4.69) is 22.1 Å². The van der Waals surface area contributed by atoms with Crippen molar-refractivity contribution in [3.63, 3.8) is 0 Å². The molecule has 3 amide bonds. The largest absolute Gasteiger partial charge is 0.336 e. The van der Waals surface area contributed by atoms with Gasteiger partial charge in [0.2, 0.25) is 0 Å². The second-order valence-electron chi connectivity index (χ2n) is 9.00. The van der Waals surface area contributed by atoms with Gasteiger partial charge in [-0.1, -0.05) is 102 Å². The molecule has 0 bridgehead atoms. The van der Waals surface area contributed by atoms with Crippen molar-refractivity contribution in [3.05, 3.63) is 0 Å². The lowest BCUT2D eigenvalue weighted by Gasteiger charge is -2.36. The topological polar surface area (TPSA) is 65.0 Å². The smallest absolute Gasteiger partial charge is 0.325 e. The van der Waals surface area contributed by atoms with Gasteiger partial charge in [0, 0.05) is 25.2 Å². The van der Waals surface area contributed by atoms with E-state index < -0.39 is 12.2 Å². The van der Waals surface area contributed by atoms with E-state index >= 15 is 0 Å². The van der Waals surface area contributed by atoms with Crippen LogP contribution in [0.5, 0.6) is 0 Å². The van der Waals surface area contributed by atoms with Gasteiger partial charge in [-0.3, -0.25) is 10.1 Å². The fourth-order valence-electron chi connectivity index (χ4n) is 4.46. The first kappa shape index (κ1) is 27.3. The maximum absolute atomic E-state index is 12.5. The van der Waals surface area contributed by atoms with Crippen LogP contribution in [-0.2, 0) is 4.79 Å². The molecule has 2 aliphatic rings. The maximum atomic E-state index is 12.5. The van der Waals surface area contributed by atoms with Crippen LogP contribution in [0.4, 0.5) is 4.79 Å². The van der Waals surface area contributed by atoms with Gasteiger partial charge in [-0.2, -0.15) is 0 Å². The highest BCUT2D eigenvalue weighted by atomic mass is 35.5. The molecule has 8 heteroatoms. The predicted molar refractivity (Wildman–Crippen MR) is 137 cm³/mol. The van der Waals surface area contributed by atoms with Crippen molar-refractivity contribution in [3.8, 4) is 0 Å². The first-order valence-electron chi connectivity index (χ1n) is 12.7. The molecule has 184 valence electrons. The van der Waals surface area contributed by atoms with Gasteiger partial charge in [-0.25, -0.2) is 9.79 Å². The molecule has 0 radical (unpaired) electrons. The summed E-state index contributed by atoms with van der Waals surface area (Å²) < 4.78 is 0. The van der Waals surface area contributed by atoms with Gasteiger partial charge in [0.05, 0.1) is 0 Å². The van der Waals surface area contributed by atoms with Crippen molar-refractivity contribution in [2.75, 3.05) is 25.2 Å². The Morgan fingerprint density at radius 3 is 1.97 bits per heavy atom. The maximum Gasteiger partial charge on any atom is 0.325 e. The standard InChI is InChI=1S/C24H43ClN4O2S/c1-3-4-5-6-7-8-9-10-11-12-13-14-15-16-18-29-20-21(26-24(29)32-19-17-25)28(2)23(31)27-22(20)30/h20-21H,3-19H2,1-2H3,(H,27,30,31). The summed E-state index contributed by atoms with van der Waals surface area (Å²) in [4.78, 5) is 32.7. The minimum absolute atomic E-state index is 0.242. The summed E-state index contributed by atoms with van der Waals surface area (Å²) in [6.45, 7) is 3.06. The summed E-state index contributed by atoms with van der Waals surface area (Å²) in [5, 5.41) is 3.30. The molecule has 0 aromatic rings. The number of hydrogen-bond acceptors (Lipinski definition) is 5. The van der Waals surface area contributed by atoms with E-state index in [0.29, 0.717) is 5.88 Å². The van der Waals surface area contributed by atoms with E-state index in [4.69, 9.17) is 11.6 Å². The van der Waals surface area contributed by atoms with Gasteiger partial charge in [0.1, 0.15) is 0 Å². The molecule has 2 aliphatic heterocycles. The normalized spacial score (nSPS) is 20.5. The fraction of sp³-hybridized carbons (Fsp3) is 0.875. The first-order valence-corrected chi connectivity index (χ1v) is 14.2. The number of likely N-dealkylation sites (N-methyl/N-ethyl adjacent to an activating group) is 1. The zero-order chi connectivity index (χ0) is 23.2. The highest BCUT2D eigenvalue weighted by Gasteiger charge is 2.48. The number of urea groups is 1. The predicted octanol–water partition coefficient (Wildman–Crippen LogP) is 5.99. The number of hydrogen-bond donors (Lipinski definition) is 1. The van der Waals surface area contributed by atoms with Gasteiger partial charge in [0.15, 0.2) is 17.4 Å². The van der Waals surface area contributed by atoms with E-state index in [-0.39, 0.29) is 11.9 Å². The lowest BCUT2D eigenvalue weighted by atomic mass is 10.0. The zero-order valence-electron chi connectivity index (χ0n) is 20.1. The Kier molecular flexibility index (Phi) is 13.5. The molecule has 0 saturated carbocycles. The fourth-order valence-corrected chi connectivity index (χ4v) is 5.51. The van der Waals surface area contributed by atoms with E-state index in [1.54, 1.807) is 18.8 Å². The molecule has 1 N–H and O–H groups in total. The van der Waals surface area contributed by atoms with Gasteiger partial charge < -0.3 is 9.80 Å². The van der Waals surface area contributed by atoms with Crippen LogP contribution in [0, 0.1) is 0 Å². The summed E-state index contributed by atoms with van der Waals surface area (Å²) >= 11 is 7.44. The highest BCUT2D eigenvalue weighted by molar-refractivity contribution is 8.13. The molecule has 6 nitrogen and oxygen atoms in total. The number of halogens is 1. The monoisotopic (exact) mass is 486 g/mol. The van der Waals surface area contributed by atoms with Crippen molar-refractivity contribution in [1.82, 2.24) is 15.1 Å². The molecular formula is C24H43ClN4O2S. The van der Waals surface area contributed by atoms with E-state index in [0.717, 1.165) is 30.3 Å². The van der Waals surface area contributed by atoms with Crippen molar-refractivity contribution in [2.24, 2.45) is 4.99 Å². The molecule has 2 unspecified atom stereocenters. The van der Waals surface area contributed by atoms with Crippen LogP contribution in [0.25, 0.3) is 0 Å². The number of amidine groups is 1. The molecule has 2 atom stereocenters. The van der Waals surface area contributed by atoms with Crippen LogP contribution in [0.15, 0.2) is 4.99 Å². The summed E-state index contributed by atoms with van der Waals surface area (Å²) in [7, 11) is 1.70. The number of alkyl halides is 1. The average Bonchev–Trinajstić information content (AvgIpc) is 3.15. The van der Waals surface area contributed by atoms with Gasteiger partial charge in [-0.15, -0.1) is 11.6 Å². The number of unbranched alkanes of at least 4 members (excludes halogenated alkanes) is 13. The van der Waals surface area contributed by atoms with Crippen LogP contribution in [0.3, 0.4) is 0 Å².